The van der Waals surface area contributed by atoms with Gasteiger partial charge in [0.15, 0.2) is 6.10 Å². The van der Waals surface area contributed by atoms with E-state index in [1.54, 1.807) is 0 Å². The first-order valence-electron chi connectivity index (χ1n) is 25.1. The van der Waals surface area contributed by atoms with Crippen LogP contribution in [0, 0.1) is 0 Å². The van der Waals surface area contributed by atoms with Gasteiger partial charge in [-0.1, -0.05) is 236 Å². The van der Waals surface area contributed by atoms with Crippen molar-refractivity contribution >= 4 is 17.9 Å². The topological polar surface area (TPSA) is 78.9 Å². The fourth-order valence-corrected chi connectivity index (χ4v) is 7.10. The summed E-state index contributed by atoms with van der Waals surface area (Å²) < 4.78 is 16.6. The molecule has 6 heteroatoms. The summed E-state index contributed by atoms with van der Waals surface area (Å²) in [5.41, 5.74) is 0. The van der Waals surface area contributed by atoms with E-state index >= 15 is 0 Å². The van der Waals surface area contributed by atoms with Gasteiger partial charge in [0.1, 0.15) is 13.2 Å². The van der Waals surface area contributed by atoms with Gasteiger partial charge in [0.2, 0.25) is 0 Å². The summed E-state index contributed by atoms with van der Waals surface area (Å²) in [5, 5.41) is 0. The molecule has 0 aliphatic rings. The van der Waals surface area contributed by atoms with Crippen molar-refractivity contribution in [1.29, 1.82) is 0 Å². The molecule has 0 saturated carbocycles. The first-order valence-corrected chi connectivity index (χ1v) is 25.1. The molecule has 342 valence electrons. The Labute approximate surface area is 365 Å². The Morgan fingerprint density at radius 2 is 0.661 bits per heavy atom. The summed E-state index contributed by atoms with van der Waals surface area (Å²) >= 11 is 0. The van der Waals surface area contributed by atoms with Gasteiger partial charge in [0.25, 0.3) is 0 Å². The van der Waals surface area contributed by atoms with Crippen molar-refractivity contribution in [3.05, 3.63) is 48.6 Å². The van der Waals surface area contributed by atoms with Crippen LogP contribution in [0.3, 0.4) is 0 Å². The van der Waals surface area contributed by atoms with Crippen LogP contribution in [0.15, 0.2) is 48.6 Å². The second-order valence-corrected chi connectivity index (χ2v) is 16.7. The molecule has 6 nitrogen and oxygen atoms in total. The van der Waals surface area contributed by atoms with E-state index in [4.69, 9.17) is 14.2 Å². The molecule has 0 spiro atoms. The molecule has 0 heterocycles. The van der Waals surface area contributed by atoms with Crippen molar-refractivity contribution in [2.45, 2.75) is 258 Å². The number of unbranched alkanes of at least 4 members (excludes halogenated alkanes) is 26. The average molecular weight is 827 g/mol. The average Bonchev–Trinajstić information content (AvgIpc) is 3.23. The lowest BCUT2D eigenvalue weighted by Gasteiger charge is -2.18. The summed E-state index contributed by atoms with van der Waals surface area (Å²) in [4.78, 5) is 37.6. The lowest BCUT2D eigenvalue weighted by atomic mass is 10.0. The zero-order chi connectivity index (χ0) is 43.0. The maximum Gasteiger partial charge on any atom is 0.306 e. The molecule has 0 fully saturated rings. The van der Waals surface area contributed by atoms with Crippen LogP contribution in [-0.4, -0.2) is 37.2 Å². The van der Waals surface area contributed by atoms with Crippen LogP contribution in [0.25, 0.3) is 0 Å². The molecule has 0 bridgehead atoms. The largest absolute Gasteiger partial charge is 0.462 e. The fourth-order valence-electron chi connectivity index (χ4n) is 7.10. The molecule has 0 saturated heterocycles. The normalized spacial score (nSPS) is 12.4. The molecule has 0 aromatic carbocycles. The van der Waals surface area contributed by atoms with Gasteiger partial charge < -0.3 is 14.2 Å². The van der Waals surface area contributed by atoms with Crippen molar-refractivity contribution in [2.75, 3.05) is 13.2 Å². The second-order valence-electron chi connectivity index (χ2n) is 16.7. The van der Waals surface area contributed by atoms with Crippen LogP contribution in [0.1, 0.15) is 252 Å². The number of rotatable bonds is 45. The number of carbonyl (C=O) groups excluding carboxylic acids is 3. The van der Waals surface area contributed by atoms with Gasteiger partial charge in [0.05, 0.1) is 0 Å². The maximum atomic E-state index is 12.7. The molecular formula is C53H94O6. The van der Waals surface area contributed by atoms with Gasteiger partial charge in [-0.15, -0.1) is 0 Å². The number of carbonyl (C=O) groups is 3. The van der Waals surface area contributed by atoms with Crippen molar-refractivity contribution in [1.82, 2.24) is 0 Å². The van der Waals surface area contributed by atoms with Gasteiger partial charge in [-0.05, 0) is 44.9 Å². The highest BCUT2D eigenvalue weighted by molar-refractivity contribution is 5.71. The highest BCUT2D eigenvalue weighted by Crippen LogP contribution is 2.16. The van der Waals surface area contributed by atoms with Gasteiger partial charge in [-0.2, -0.15) is 0 Å². The Kier molecular flexibility index (Phi) is 45.9. The SMILES string of the molecule is CC/C=C\C/C=C\C/C=C\C/C=C\CCC(=O)OC(COC(=O)CCCCCCCC)COC(=O)CCCCCCCCCCCCCCCCCCCCCCCC. The number of esters is 3. The van der Waals surface area contributed by atoms with Crippen LogP contribution in [0.2, 0.25) is 0 Å². The molecule has 0 radical (unpaired) electrons. The molecule has 0 aliphatic carbocycles. The number of ether oxygens (including phenoxy) is 3. The molecule has 0 amide bonds. The van der Waals surface area contributed by atoms with E-state index in [0.29, 0.717) is 19.3 Å². The minimum atomic E-state index is -0.804. The third-order valence-corrected chi connectivity index (χ3v) is 10.9. The van der Waals surface area contributed by atoms with E-state index in [2.05, 4.69) is 57.2 Å². The van der Waals surface area contributed by atoms with Crippen molar-refractivity contribution in [3.63, 3.8) is 0 Å². The Bertz CT molecular complexity index is 1040. The third kappa shape index (κ3) is 46.3. The molecule has 0 N–H and O–H groups in total. The molecule has 0 aliphatic heterocycles. The standard InChI is InChI=1S/C53H94O6/c1-4-7-10-13-16-18-20-22-23-24-25-26-27-28-29-30-32-33-35-37-40-43-46-52(55)58-49-50(48-57-51(54)45-42-39-15-12-9-6-3)59-53(56)47-44-41-38-36-34-31-21-19-17-14-11-8-5-2/h8,11,17,19,31,34,38,41,50H,4-7,9-10,12-16,18,20-30,32-33,35-37,39-40,42-49H2,1-3H3/b11-8-,19-17-,34-31-,41-38-. The molecule has 1 unspecified atom stereocenters. The van der Waals surface area contributed by atoms with E-state index in [9.17, 15) is 14.4 Å². The summed E-state index contributed by atoms with van der Waals surface area (Å²) in [6.45, 7) is 6.41. The van der Waals surface area contributed by atoms with Crippen LogP contribution in [0.5, 0.6) is 0 Å². The third-order valence-electron chi connectivity index (χ3n) is 10.9. The fraction of sp³-hybridized carbons (Fsp3) is 0.792. The Morgan fingerprint density at radius 3 is 1.00 bits per heavy atom. The predicted octanol–water partition coefficient (Wildman–Crippen LogP) is 16.3. The first kappa shape index (κ1) is 56.4. The minimum Gasteiger partial charge on any atom is -0.462 e. The van der Waals surface area contributed by atoms with E-state index < -0.39 is 6.10 Å². The van der Waals surface area contributed by atoms with Crippen LogP contribution in [-0.2, 0) is 28.6 Å². The highest BCUT2D eigenvalue weighted by Gasteiger charge is 2.19. The lowest BCUT2D eigenvalue weighted by molar-refractivity contribution is -0.166. The predicted molar refractivity (Wildman–Crippen MR) is 252 cm³/mol. The maximum absolute atomic E-state index is 12.7. The van der Waals surface area contributed by atoms with Gasteiger partial charge in [0, 0.05) is 19.3 Å². The zero-order valence-corrected chi connectivity index (χ0v) is 39.0. The Morgan fingerprint density at radius 1 is 0.356 bits per heavy atom. The molecule has 0 aromatic rings. The summed E-state index contributed by atoms with van der Waals surface area (Å²) in [6, 6.07) is 0. The van der Waals surface area contributed by atoms with Crippen LogP contribution >= 0.6 is 0 Å². The van der Waals surface area contributed by atoms with Crippen molar-refractivity contribution in [2.24, 2.45) is 0 Å². The number of allylic oxidation sites excluding steroid dienone is 8. The van der Waals surface area contributed by atoms with E-state index in [0.717, 1.165) is 64.2 Å². The Balaban J connectivity index is 4.17. The highest BCUT2D eigenvalue weighted by atomic mass is 16.6. The van der Waals surface area contributed by atoms with Crippen LogP contribution < -0.4 is 0 Å². The quantitative estimate of drug-likeness (QED) is 0.0263. The monoisotopic (exact) mass is 827 g/mol. The Hall–Kier alpha value is -2.63. The van der Waals surface area contributed by atoms with Crippen molar-refractivity contribution in [3.8, 4) is 0 Å². The molecule has 0 rings (SSSR count). The van der Waals surface area contributed by atoms with Crippen molar-refractivity contribution < 1.29 is 28.6 Å². The summed E-state index contributed by atoms with van der Waals surface area (Å²) in [6.07, 6.45) is 57.2. The summed E-state index contributed by atoms with van der Waals surface area (Å²) in [7, 11) is 0. The lowest BCUT2D eigenvalue weighted by Crippen LogP contribution is -2.30. The smallest absolute Gasteiger partial charge is 0.306 e. The number of hydrogen-bond acceptors (Lipinski definition) is 6. The van der Waals surface area contributed by atoms with Crippen LogP contribution in [0.4, 0.5) is 0 Å². The van der Waals surface area contributed by atoms with E-state index in [-0.39, 0.29) is 37.5 Å². The molecule has 0 aromatic heterocycles. The van der Waals surface area contributed by atoms with Gasteiger partial charge in [-0.3, -0.25) is 14.4 Å². The molecule has 59 heavy (non-hydrogen) atoms. The number of hydrogen-bond donors (Lipinski definition) is 0. The summed E-state index contributed by atoms with van der Waals surface area (Å²) in [5.74, 6) is -0.986. The second kappa shape index (κ2) is 48.0. The zero-order valence-electron chi connectivity index (χ0n) is 39.0. The minimum absolute atomic E-state index is 0.0991. The van der Waals surface area contributed by atoms with E-state index in [1.165, 1.54) is 141 Å². The van der Waals surface area contributed by atoms with Gasteiger partial charge in [-0.25, -0.2) is 0 Å². The molecular weight excluding hydrogens is 733 g/mol. The molecule has 1 atom stereocenters. The van der Waals surface area contributed by atoms with Gasteiger partial charge >= 0.3 is 17.9 Å². The first-order chi connectivity index (χ1) is 29.0. The van der Waals surface area contributed by atoms with E-state index in [1.807, 2.05) is 12.2 Å².